The van der Waals surface area contributed by atoms with Gasteiger partial charge >= 0.3 is 5.97 Å². The first-order valence-corrected chi connectivity index (χ1v) is 8.51. The van der Waals surface area contributed by atoms with Gasteiger partial charge in [0.05, 0.1) is 11.6 Å². The lowest BCUT2D eigenvalue weighted by molar-refractivity contribution is -0.142. The number of carbonyl (C=O) groups is 2. The van der Waals surface area contributed by atoms with E-state index in [1.54, 1.807) is 4.68 Å². The van der Waals surface area contributed by atoms with Crippen molar-refractivity contribution in [2.45, 2.75) is 65.5 Å². The van der Waals surface area contributed by atoms with Crippen LogP contribution in [-0.4, -0.2) is 32.8 Å². The Bertz CT molecular complexity index is 557. The molecular weight excluding hydrogens is 294 g/mol. The van der Waals surface area contributed by atoms with Crippen LogP contribution in [0.1, 0.15) is 62.6 Å². The van der Waals surface area contributed by atoms with E-state index in [2.05, 4.69) is 24.3 Å². The monoisotopic (exact) mass is 321 g/mol. The number of aromatic nitrogens is 2. The molecule has 1 fully saturated rings. The molecule has 2 N–H and O–H groups in total. The van der Waals surface area contributed by atoms with Crippen molar-refractivity contribution in [3.63, 3.8) is 0 Å². The second-order valence-electron chi connectivity index (χ2n) is 6.79. The van der Waals surface area contributed by atoms with Gasteiger partial charge in [0, 0.05) is 12.6 Å². The number of aryl methyl sites for hydroxylation is 1. The second-order valence-corrected chi connectivity index (χ2v) is 6.79. The van der Waals surface area contributed by atoms with Crippen LogP contribution < -0.4 is 5.32 Å². The molecule has 23 heavy (non-hydrogen) atoms. The lowest BCUT2D eigenvalue weighted by atomic mass is 9.86. The van der Waals surface area contributed by atoms with Crippen LogP contribution in [-0.2, 0) is 17.8 Å². The molecule has 0 saturated heterocycles. The molecule has 0 atom stereocenters. The van der Waals surface area contributed by atoms with Crippen LogP contribution in [0.2, 0.25) is 0 Å². The molecule has 1 saturated carbocycles. The van der Waals surface area contributed by atoms with Gasteiger partial charge in [-0.15, -0.1) is 0 Å². The zero-order chi connectivity index (χ0) is 17.0. The number of amides is 1. The Morgan fingerprint density at radius 3 is 2.52 bits per heavy atom. The second kappa shape index (κ2) is 7.62. The van der Waals surface area contributed by atoms with Crippen LogP contribution in [0.3, 0.4) is 0 Å². The largest absolute Gasteiger partial charge is 0.481 e. The van der Waals surface area contributed by atoms with Crippen molar-refractivity contribution in [1.82, 2.24) is 15.1 Å². The van der Waals surface area contributed by atoms with Crippen LogP contribution in [0.5, 0.6) is 0 Å². The molecule has 0 radical (unpaired) electrons. The highest BCUT2D eigenvalue weighted by molar-refractivity contribution is 5.92. The fourth-order valence-corrected chi connectivity index (χ4v) is 3.16. The average molecular weight is 321 g/mol. The fraction of sp³-hybridized carbons (Fsp3) is 0.706. The molecule has 6 heteroatoms. The van der Waals surface area contributed by atoms with Crippen molar-refractivity contribution in [3.8, 4) is 0 Å². The van der Waals surface area contributed by atoms with Crippen molar-refractivity contribution in [3.05, 3.63) is 17.5 Å². The van der Waals surface area contributed by atoms with Crippen LogP contribution in [0.25, 0.3) is 0 Å². The minimum Gasteiger partial charge on any atom is -0.481 e. The first-order chi connectivity index (χ1) is 10.9. The van der Waals surface area contributed by atoms with Gasteiger partial charge in [0.1, 0.15) is 5.69 Å². The summed E-state index contributed by atoms with van der Waals surface area (Å²) in [6, 6.07) is 1.94. The van der Waals surface area contributed by atoms with E-state index in [1.807, 2.05) is 13.0 Å². The molecule has 0 unspecified atom stereocenters. The van der Waals surface area contributed by atoms with E-state index in [0.29, 0.717) is 31.0 Å². The number of nitrogens with one attached hydrogen (secondary N) is 1. The van der Waals surface area contributed by atoms with Gasteiger partial charge in [0.25, 0.3) is 5.91 Å². The molecule has 0 aromatic carbocycles. The van der Waals surface area contributed by atoms with Gasteiger partial charge in [-0.05, 0) is 51.0 Å². The van der Waals surface area contributed by atoms with Crippen molar-refractivity contribution in [2.75, 3.05) is 0 Å². The van der Waals surface area contributed by atoms with Crippen molar-refractivity contribution in [2.24, 2.45) is 11.8 Å². The van der Waals surface area contributed by atoms with E-state index < -0.39 is 5.97 Å². The zero-order valence-corrected chi connectivity index (χ0v) is 14.2. The van der Waals surface area contributed by atoms with E-state index in [9.17, 15) is 9.59 Å². The zero-order valence-electron chi connectivity index (χ0n) is 14.2. The maximum atomic E-state index is 12.5. The van der Waals surface area contributed by atoms with Gasteiger partial charge in [-0.2, -0.15) is 5.10 Å². The number of carboxylic acid groups (broad SMARTS) is 1. The third kappa shape index (κ3) is 4.56. The lowest BCUT2D eigenvalue weighted by Crippen LogP contribution is -2.39. The summed E-state index contributed by atoms with van der Waals surface area (Å²) in [6.45, 7) is 6.89. The summed E-state index contributed by atoms with van der Waals surface area (Å²) >= 11 is 0. The number of hydrogen-bond donors (Lipinski definition) is 2. The van der Waals surface area contributed by atoms with Crippen molar-refractivity contribution in [1.29, 1.82) is 0 Å². The molecule has 1 aliphatic carbocycles. The Balaban J connectivity index is 1.98. The van der Waals surface area contributed by atoms with Gasteiger partial charge in [-0.25, -0.2) is 0 Å². The maximum absolute atomic E-state index is 12.5. The molecular formula is C17H27N3O3. The highest BCUT2D eigenvalue weighted by atomic mass is 16.4. The van der Waals surface area contributed by atoms with Crippen molar-refractivity contribution >= 4 is 11.9 Å². The Hall–Kier alpha value is -1.85. The topological polar surface area (TPSA) is 84.2 Å². The lowest BCUT2D eigenvalue weighted by Gasteiger charge is -2.26. The Morgan fingerprint density at radius 2 is 2.00 bits per heavy atom. The van der Waals surface area contributed by atoms with Crippen LogP contribution in [0.15, 0.2) is 6.07 Å². The van der Waals surface area contributed by atoms with E-state index >= 15 is 0 Å². The standard InChI is InChI=1S/C17H27N3O3/c1-4-20-15(10-14(19-20)9-11(2)3)16(21)18-13-7-5-12(6-8-13)17(22)23/h10-13H,4-9H2,1-3H3,(H,18,21)(H,22,23). The highest BCUT2D eigenvalue weighted by Gasteiger charge is 2.27. The third-order valence-corrected chi connectivity index (χ3v) is 4.39. The van der Waals surface area contributed by atoms with Crippen LogP contribution in [0.4, 0.5) is 0 Å². The smallest absolute Gasteiger partial charge is 0.306 e. The number of carboxylic acids is 1. The molecule has 128 valence electrons. The highest BCUT2D eigenvalue weighted by Crippen LogP contribution is 2.24. The van der Waals surface area contributed by atoms with E-state index in [4.69, 9.17) is 5.11 Å². The molecule has 1 aromatic rings. The Kier molecular flexibility index (Phi) is 5.80. The van der Waals surface area contributed by atoms with Gasteiger partial charge in [0.15, 0.2) is 0 Å². The summed E-state index contributed by atoms with van der Waals surface area (Å²) in [5.74, 6) is -0.593. The Morgan fingerprint density at radius 1 is 1.35 bits per heavy atom. The molecule has 0 bridgehead atoms. The fourth-order valence-electron chi connectivity index (χ4n) is 3.16. The molecule has 6 nitrogen and oxygen atoms in total. The van der Waals surface area contributed by atoms with Gasteiger partial charge in [0.2, 0.25) is 0 Å². The van der Waals surface area contributed by atoms with Gasteiger partial charge < -0.3 is 10.4 Å². The number of hydrogen-bond acceptors (Lipinski definition) is 3. The summed E-state index contributed by atoms with van der Waals surface area (Å²) < 4.78 is 1.75. The molecule has 2 rings (SSSR count). The minimum atomic E-state index is -0.725. The van der Waals surface area contributed by atoms with E-state index in [-0.39, 0.29) is 17.9 Å². The van der Waals surface area contributed by atoms with Crippen molar-refractivity contribution < 1.29 is 14.7 Å². The first kappa shape index (κ1) is 17.5. The average Bonchev–Trinajstić information content (AvgIpc) is 2.90. The van der Waals surface area contributed by atoms with Crippen LogP contribution >= 0.6 is 0 Å². The molecule has 1 aliphatic rings. The number of aliphatic carboxylic acids is 1. The maximum Gasteiger partial charge on any atom is 0.306 e. The summed E-state index contributed by atoms with van der Waals surface area (Å²) in [4.78, 5) is 23.5. The number of carbonyl (C=O) groups excluding carboxylic acids is 1. The third-order valence-electron chi connectivity index (χ3n) is 4.39. The summed E-state index contributed by atoms with van der Waals surface area (Å²) in [7, 11) is 0. The minimum absolute atomic E-state index is 0.0619. The first-order valence-electron chi connectivity index (χ1n) is 8.51. The number of rotatable bonds is 6. The summed E-state index contributed by atoms with van der Waals surface area (Å²) in [6.07, 6.45) is 3.57. The molecule has 1 heterocycles. The quantitative estimate of drug-likeness (QED) is 0.843. The molecule has 0 spiro atoms. The van der Waals surface area contributed by atoms with E-state index in [0.717, 1.165) is 25.0 Å². The molecule has 1 amide bonds. The molecule has 0 aliphatic heterocycles. The van der Waals surface area contributed by atoms with E-state index in [1.165, 1.54) is 0 Å². The normalized spacial score (nSPS) is 21.4. The SMILES string of the molecule is CCn1nc(CC(C)C)cc1C(=O)NC1CCC(C(=O)O)CC1. The molecule has 1 aromatic heterocycles. The Labute approximate surface area is 137 Å². The predicted octanol–water partition coefficient (Wildman–Crippen LogP) is 2.47. The number of nitrogens with zero attached hydrogens (tertiary/aromatic N) is 2. The van der Waals surface area contributed by atoms with Gasteiger partial charge in [-0.3, -0.25) is 14.3 Å². The van der Waals surface area contributed by atoms with Crippen LogP contribution in [0, 0.1) is 11.8 Å². The summed E-state index contributed by atoms with van der Waals surface area (Å²) in [5, 5.41) is 16.6. The predicted molar refractivity (Wildman–Crippen MR) is 87.3 cm³/mol. The van der Waals surface area contributed by atoms with Gasteiger partial charge in [-0.1, -0.05) is 13.8 Å². The summed E-state index contributed by atoms with van der Waals surface area (Å²) in [5.41, 5.74) is 1.55.